The number of rotatable bonds is 7. The standard InChI is InChI=1S/C11H19N3O3/c1-4-14(5-2)6-7-17-11-9(16-3)10(15)12-8-13-11/h8H,4-7H2,1-3H3,(H,12,13,15). The summed E-state index contributed by atoms with van der Waals surface area (Å²) < 4.78 is 10.4. The van der Waals surface area contributed by atoms with Crippen LogP contribution in [0.2, 0.25) is 0 Å². The van der Waals surface area contributed by atoms with Crippen LogP contribution in [-0.2, 0) is 0 Å². The third-order valence-corrected chi connectivity index (χ3v) is 2.52. The summed E-state index contributed by atoms with van der Waals surface area (Å²) in [5.41, 5.74) is -0.333. The molecule has 6 heteroatoms. The molecule has 1 N–H and O–H groups in total. The van der Waals surface area contributed by atoms with Gasteiger partial charge in [-0.25, -0.2) is 4.98 Å². The molecule has 0 aliphatic carbocycles. The highest BCUT2D eigenvalue weighted by molar-refractivity contribution is 5.29. The lowest BCUT2D eigenvalue weighted by Crippen LogP contribution is -2.28. The third kappa shape index (κ3) is 3.74. The Morgan fingerprint density at radius 2 is 2.12 bits per heavy atom. The van der Waals surface area contributed by atoms with Crippen LogP contribution in [0, 0.1) is 0 Å². The number of nitrogens with one attached hydrogen (secondary N) is 1. The van der Waals surface area contributed by atoms with Crippen molar-refractivity contribution in [2.24, 2.45) is 0 Å². The van der Waals surface area contributed by atoms with Crippen molar-refractivity contribution >= 4 is 0 Å². The highest BCUT2D eigenvalue weighted by Crippen LogP contribution is 2.16. The maximum atomic E-state index is 11.4. The fourth-order valence-corrected chi connectivity index (χ4v) is 1.46. The number of likely N-dealkylation sites (N-methyl/N-ethyl adjacent to an activating group) is 1. The molecule has 0 bridgehead atoms. The van der Waals surface area contributed by atoms with E-state index in [2.05, 4.69) is 28.7 Å². The van der Waals surface area contributed by atoms with E-state index in [9.17, 15) is 4.79 Å². The quantitative estimate of drug-likeness (QED) is 0.753. The Bertz CT molecular complexity index is 388. The number of H-pyrrole nitrogens is 1. The van der Waals surface area contributed by atoms with Crippen molar-refractivity contribution in [3.63, 3.8) is 0 Å². The highest BCUT2D eigenvalue weighted by atomic mass is 16.5. The van der Waals surface area contributed by atoms with Gasteiger partial charge in [0.05, 0.1) is 13.4 Å². The van der Waals surface area contributed by atoms with Crippen molar-refractivity contribution in [1.29, 1.82) is 0 Å². The van der Waals surface area contributed by atoms with E-state index in [4.69, 9.17) is 9.47 Å². The average Bonchev–Trinajstić information content (AvgIpc) is 2.35. The highest BCUT2D eigenvalue weighted by Gasteiger charge is 2.10. The smallest absolute Gasteiger partial charge is 0.297 e. The molecule has 0 saturated heterocycles. The van der Waals surface area contributed by atoms with Crippen LogP contribution in [0.3, 0.4) is 0 Å². The van der Waals surface area contributed by atoms with Crippen LogP contribution in [0.5, 0.6) is 11.6 Å². The number of aromatic amines is 1. The predicted molar refractivity (Wildman–Crippen MR) is 64.7 cm³/mol. The molecule has 0 unspecified atom stereocenters. The molecule has 0 amide bonds. The number of aromatic nitrogens is 2. The van der Waals surface area contributed by atoms with Gasteiger partial charge in [0, 0.05) is 6.54 Å². The Labute approximate surface area is 101 Å². The summed E-state index contributed by atoms with van der Waals surface area (Å²) in [5.74, 6) is 0.357. The second-order valence-corrected chi connectivity index (χ2v) is 3.45. The van der Waals surface area contributed by atoms with Gasteiger partial charge < -0.3 is 19.4 Å². The first kappa shape index (κ1) is 13.5. The summed E-state index contributed by atoms with van der Waals surface area (Å²) in [4.78, 5) is 20.0. The van der Waals surface area contributed by atoms with Gasteiger partial charge in [0.2, 0.25) is 5.75 Å². The monoisotopic (exact) mass is 241 g/mol. The van der Waals surface area contributed by atoms with Gasteiger partial charge in [-0.1, -0.05) is 13.8 Å². The lowest BCUT2D eigenvalue weighted by Gasteiger charge is -2.17. The summed E-state index contributed by atoms with van der Waals surface area (Å²) in [6.45, 7) is 7.41. The van der Waals surface area contributed by atoms with Crippen molar-refractivity contribution in [3.05, 3.63) is 16.7 Å². The maximum absolute atomic E-state index is 11.4. The Kier molecular flexibility index (Phi) is 5.48. The molecule has 1 heterocycles. The van der Waals surface area contributed by atoms with Crippen LogP contribution in [0.15, 0.2) is 11.1 Å². The molecule has 6 nitrogen and oxygen atoms in total. The van der Waals surface area contributed by atoms with E-state index in [0.717, 1.165) is 19.6 Å². The van der Waals surface area contributed by atoms with E-state index in [1.54, 1.807) is 0 Å². The fourth-order valence-electron chi connectivity index (χ4n) is 1.46. The van der Waals surface area contributed by atoms with Crippen LogP contribution in [0.1, 0.15) is 13.8 Å². The molecule has 0 atom stereocenters. The minimum absolute atomic E-state index is 0.118. The molecule has 96 valence electrons. The largest absolute Gasteiger partial charge is 0.487 e. The topological polar surface area (TPSA) is 67.5 Å². The molecule has 0 aromatic carbocycles. The summed E-state index contributed by atoms with van der Waals surface area (Å²) in [6.07, 6.45) is 1.30. The molecule has 0 saturated carbocycles. The minimum Gasteiger partial charge on any atom is -0.487 e. The van der Waals surface area contributed by atoms with Gasteiger partial charge in [-0.2, -0.15) is 0 Å². The Hall–Kier alpha value is -1.56. The first-order valence-electron chi connectivity index (χ1n) is 5.69. The Morgan fingerprint density at radius 1 is 1.41 bits per heavy atom. The van der Waals surface area contributed by atoms with Gasteiger partial charge in [0.1, 0.15) is 6.61 Å². The summed E-state index contributed by atoms with van der Waals surface area (Å²) in [5, 5.41) is 0. The van der Waals surface area contributed by atoms with Crippen LogP contribution in [-0.4, -0.2) is 48.2 Å². The number of ether oxygens (including phenoxy) is 2. The zero-order chi connectivity index (χ0) is 12.7. The van der Waals surface area contributed by atoms with E-state index in [1.165, 1.54) is 13.4 Å². The zero-order valence-corrected chi connectivity index (χ0v) is 10.5. The third-order valence-electron chi connectivity index (χ3n) is 2.52. The number of nitrogens with zero attached hydrogens (tertiary/aromatic N) is 2. The average molecular weight is 241 g/mol. The molecule has 0 radical (unpaired) electrons. The molecular formula is C11H19N3O3. The maximum Gasteiger partial charge on any atom is 0.297 e. The molecule has 1 aromatic rings. The molecule has 0 aliphatic heterocycles. The Balaban J connectivity index is 2.57. The van der Waals surface area contributed by atoms with Crippen molar-refractivity contribution in [1.82, 2.24) is 14.9 Å². The van der Waals surface area contributed by atoms with Gasteiger partial charge >= 0.3 is 0 Å². The van der Waals surface area contributed by atoms with Crippen LogP contribution < -0.4 is 15.0 Å². The normalized spacial score (nSPS) is 10.6. The first-order chi connectivity index (χ1) is 8.22. The summed E-state index contributed by atoms with van der Waals surface area (Å²) >= 11 is 0. The fraction of sp³-hybridized carbons (Fsp3) is 0.636. The predicted octanol–water partition coefficient (Wildman–Crippen LogP) is 0.499. The van der Waals surface area contributed by atoms with E-state index in [1.807, 2.05) is 0 Å². The Morgan fingerprint density at radius 3 is 2.71 bits per heavy atom. The van der Waals surface area contributed by atoms with Crippen LogP contribution in [0.25, 0.3) is 0 Å². The van der Waals surface area contributed by atoms with Gasteiger partial charge in [-0.05, 0) is 13.1 Å². The van der Waals surface area contributed by atoms with Gasteiger partial charge in [0.25, 0.3) is 11.4 Å². The molecule has 1 rings (SSSR count). The SMILES string of the molecule is CCN(CC)CCOc1nc[nH]c(=O)c1OC. The number of methoxy groups -OCH3 is 1. The van der Waals surface area contributed by atoms with E-state index in [-0.39, 0.29) is 17.2 Å². The van der Waals surface area contributed by atoms with E-state index in [0.29, 0.717) is 6.61 Å². The molecule has 0 aliphatic rings. The first-order valence-corrected chi connectivity index (χ1v) is 5.69. The lowest BCUT2D eigenvalue weighted by atomic mass is 10.5. The zero-order valence-electron chi connectivity index (χ0n) is 10.5. The second kappa shape index (κ2) is 6.90. The molecule has 0 spiro atoms. The number of hydrogen-bond donors (Lipinski definition) is 1. The van der Waals surface area contributed by atoms with Gasteiger partial charge in [0.15, 0.2) is 0 Å². The van der Waals surface area contributed by atoms with Crippen molar-refractivity contribution < 1.29 is 9.47 Å². The number of hydrogen-bond acceptors (Lipinski definition) is 5. The van der Waals surface area contributed by atoms with Gasteiger partial charge in [-0.3, -0.25) is 4.79 Å². The molecular weight excluding hydrogens is 222 g/mol. The van der Waals surface area contributed by atoms with Crippen molar-refractivity contribution in [3.8, 4) is 11.6 Å². The van der Waals surface area contributed by atoms with Crippen molar-refractivity contribution in [2.75, 3.05) is 33.4 Å². The van der Waals surface area contributed by atoms with Crippen molar-refractivity contribution in [2.45, 2.75) is 13.8 Å². The minimum atomic E-state index is -0.333. The van der Waals surface area contributed by atoms with E-state index >= 15 is 0 Å². The molecule has 17 heavy (non-hydrogen) atoms. The summed E-state index contributed by atoms with van der Waals surface area (Å²) in [7, 11) is 1.42. The summed E-state index contributed by atoms with van der Waals surface area (Å²) in [6, 6.07) is 0. The van der Waals surface area contributed by atoms with Gasteiger partial charge in [-0.15, -0.1) is 0 Å². The van der Waals surface area contributed by atoms with Crippen LogP contribution >= 0.6 is 0 Å². The van der Waals surface area contributed by atoms with Crippen LogP contribution in [0.4, 0.5) is 0 Å². The molecule has 0 fully saturated rings. The molecule has 1 aromatic heterocycles. The second-order valence-electron chi connectivity index (χ2n) is 3.45. The van der Waals surface area contributed by atoms with E-state index < -0.39 is 0 Å². The lowest BCUT2D eigenvalue weighted by molar-refractivity contribution is 0.210.